The van der Waals surface area contributed by atoms with Crippen molar-refractivity contribution in [1.29, 1.82) is 0 Å². The van der Waals surface area contributed by atoms with Gasteiger partial charge in [0.15, 0.2) is 0 Å². The molecule has 22 heavy (non-hydrogen) atoms. The highest BCUT2D eigenvalue weighted by atomic mass is 16.5. The zero-order valence-electron chi connectivity index (χ0n) is 12.7. The van der Waals surface area contributed by atoms with Crippen LogP contribution in [-0.2, 0) is 6.42 Å². The van der Waals surface area contributed by atoms with E-state index in [0.717, 1.165) is 22.9 Å². The van der Waals surface area contributed by atoms with Gasteiger partial charge in [-0.15, -0.1) is 0 Å². The van der Waals surface area contributed by atoms with Gasteiger partial charge in [0, 0.05) is 17.5 Å². The smallest absolute Gasteiger partial charge is 0.336 e. The van der Waals surface area contributed by atoms with Crippen molar-refractivity contribution in [3.63, 3.8) is 0 Å². The molecule has 0 spiro atoms. The van der Waals surface area contributed by atoms with Crippen molar-refractivity contribution in [2.24, 2.45) is 0 Å². The lowest BCUT2D eigenvalue weighted by Gasteiger charge is -2.15. The second-order valence-corrected chi connectivity index (χ2v) is 5.27. The molecule has 0 aliphatic heterocycles. The van der Waals surface area contributed by atoms with E-state index in [1.807, 2.05) is 56.3 Å². The molecule has 0 N–H and O–H groups in total. The summed E-state index contributed by atoms with van der Waals surface area (Å²) in [6, 6.07) is 17.2. The summed E-state index contributed by atoms with van der Waals surface area (Å²) in [4.78, 5) is 11.6. The van der Waals surface area contributed by atoms with Crippen LogP contribution in [-0.4, -0.2) is 0 Å². The molecule has 1 aromatic heterocycles. The highest BCUT2D eigenvalue weighted by Crippen LogP contribution is 2.26. The third-order valence-corrected chi connectivity index (χ3v) is 3.76. The number of benzene rings is 2. The molecule has 1 atom stereocenters. The molecule has 0 radical (unpaired) electrons. The van der Waals surface area contributed by atoms with E-state index in [1.54, 1.807) is 12.1 Å². The van der Waals surface area contributed by atoms with Crippen LogP contribution in [0.5, 0.6) is 5.75 Å². The van der Waals surface area contributed by atoms with Crippen LogP contribution in [0.4, 0.5) is 0 Å². The maximum absolute atomic E-state index is 11.6. The minimum absolute atomic E-state index is 0.0697. The normalized spacial score (nSPS) is 12.3. The predicted octanol–water partition coefficient (Wildman–Crippen LogP) is 4.50. The number of ether oxygens (including phenoxy) is 1. The van der Waals surface area contributed by atoms with E-state index in [9.17, 15) is 4.79 Å². The van der Waals surface area contributed by atoms with Gasteiger partial charge in [-0.3, -0.25) is 0 Å². The highest BCUT2D eigenvalue weighted by molar-refractivity contribution is 5.81. The molecule has 112 valence electrons. The third-order valence-electron chi connectivity index (χ3n) is 3.76. The van der Waals surface area contributed by atoms with Crippen LogP contribution in [0.3, 0.4) is 0 Å². The van der Waals surface area contributed by atoms with Crippen molar-refractivity contribution in [2.45, 2.75) is 26.4 Å². The van der Waals surface area contributed by atoms with Crippen molar-refractivity contribution < 1.29 is 9.15 Å². The van der Waals surface area contributed by atoms with Gasteiger partial charge in [-0.2, -0.15) is 0 Å². The summed E-state index contributed by atoms with van der Waals surface area (Å²) in [6.07, 6.45) is 0.725. The summed E-state index contributed by atoms with van der Waals surface area (Å²) in [5.41, 5.74) is 2.35. The molecule has 0 aliphatic carbocycles. The predicted molar refractivity (Wildman–Crippen MR) is 87.3 cm³/mol. The monoisotopic (exact) mass is 294 g/mol. The lowest BCUT2D eigenvalue weighted by atomic mass is 10.1. The maximum Gasteiger partial charge on any atom is 0.336 e. The maximum atomic E-state index is 11.6. The van der Waals surface area contributed by atoms with Gasteiger partial charge < -0.3 is 9.15 Å². The number of hydrogen-bond donors (Lipinski definition) is 0. The first-order valence-electron chi connectivity index (χ1n) is 7.45. The van der Waals surface area contributed by atoms with Crippen molar-refractivity contribution in [3.05, 3.63) is 76.1 Å². The molecule has 3 rings (SSSR count). The molecule has 0 fully saturated rings. The fraction of sp³-hybridized carbons (Fsp3) is 0.211. The first kappa shape index (κ1) is 14.4. The molecule has 3 heteroatoms. The largest absolute Gasteiger partial charge is 0.486 e. The Bertz CT molecular complexity index is 834. The molecular weight excluding hydrogens is 276 g/mol. The highest BCUT2D eigenvalue weighted by Gasteiger charge is 2.09. The Balaban J connectivity index is 1.94. The number of rotatable bonds is 4. The summed E-state index contributed by atoms with van der Waals surface area (Å²) >= 11 is 0. The van der Waals surface area contributed by atoms with Gasteiger partial charge in [-0.1, -0.05) is 37.3 Å². The van der Waals surface area contributed by atoms with Crippen molar-refractivity contribution in [1.82, 2.24) is 0 Å². The fourth-order valence-electron chi connectivity index (χ4n) is 2.57. The molecule has 0 saturated heterocycles. The molecule has 0 bridgehead atoms. The molecule has 3 aromatic rings. The minimum Gasteiger partial charge on any atom is -0.486 e. The van der Waals surface area contributed by atoms with Gasteiger partial charge in [0.25, 0.3) is 0 Å². The van der Waals surface area contributed by atoms with Gasteiger partial charge in [-0.25, -0.2) is 4.79 Å². The van der Waals surface area contributed by atoms with Gasteiger partial charge in [0.2, 0.25) is 0 Å². The van der Waals surface area contributed by atoms with Gasteiger partial charge in [-0.05, 0) is 36.6 Å². The Morgan fingerprint density at radius 2 is 1.86 bits per heavy atom. The van der Waals surface area contributed by atoms with Gasteiger partial charge >= 0.3 is 5.63 Å². The van der Waals surface area contributed by atoms with E-state index in [0.29, 0.717) is 11.3 Å². The SMILES string of the molecule is CCc1cc(=O)oc2cc(O[C@H](C)c3ccccc3)ccc12. The summed E-state index contributed by atoms with van der Waals surface area (Å²) in [7, 11) is 0. The van der Waals surface area contributed by atoms with Gasteiger partial charge in [0.05, 0.1) is 0 Å². The van der Waals surface area contributed by atoms with Crippen molar-refractivity contribution >= 4 is 11.0 Å². The summed E-state index contributed by atoms with van der Waals surface area (Å²) in [5, 5.41) is 0.960. The Hall–Kier alpha value is -2.55. The van der Waals surface area contributed by atoms with E-state index in [1.165, 1.54) is 0 Å². The number of aryl methyl sites for hydroxylation is 1. The quantitative estimate of drug-likeness (QED) is 0.665. The van der Waals surface area contributed by atoms with Crippen molar-refractivity contribution in [3.8, 4) is 5.75 Å². The molecule has 1 heterocycles. The van der Waals surface area contributed by atoms with Crippen LogP contribution < -0.4 is 10.4 Å². The molecule has 2 aromatic carbocycles. The van der Waals surface area contributed by atoms with Crippen LogP contribution in [0, 0.1) is 0 Å². The summed E-state index contributed by atoms with van der Waals surface area (Å²) in [6.45, 7) is 4.02. The molecule has 0 aliphatic rings. The molecule has 0 saturated carbocycles. The zero-order chi connectivity index (χ0) is 15.5. The lowest BCUT2D eigenvalue weighted by molar-refractivity contribution is 0.227. The molecule has 3 nitrogen and oxygen atoms in total. The van der Waals surface area contributed by atoms with Gasteiger partial charge in [0.1, 0.15) is 17.4 Å². The Morgan fingerprint density at radius 1 is 1.09 bits per heavy atom. The second kappa shape index (κ2) is 6.06. The van der Waals surface area contributed by atoms with E-state index in [-0.39, 0.29) is 11.7 Å². The topological polar surface area (TPSA) is 39.4 Å². The Morgan fingerprint density at radius 3 is 2.59 bits per heavy atom. The Labute approximate surface area is 129 Å². The Kier molecular flexibility index (Phi) is 3.96. The zero-order valence-corrected chi connectivity index (χ0v) is 12.7. The van der Waals surface area contributed by atoms with E-state index < -0.39 is 0 Å². The number of fused-ring (bicyclic) bond motifs is 1. The first-order chi connectivity index (χ1) is 10.7. The third kappa shape index (κ3) is 2.89. The van der Waals surface area contributed by atoms with Crippen LogP contribution in [0.25, 0.3) is 11.0 Å². The minimum atomic E-state index is -0.322. The second-order valence-electron chi connectivity index (χ2n) is 5.27. The molecule has 0 amide bonds. The average Bonchev–Trinajstić information content (AvgIpc) is 2.54. The van der Waals surface area contributed by atoms with Crippen molar-refractivity contribution in [2.75, 3.05) is 0 Å². The van der Waals surface area contributed by atoms with Crippen LogP contribution >= 0.6 is 0 Å². The van der Waals surface area contributed by atoms with E-state index in [2.05, 4.69) is 0 Å². The summed E-state index contributed by atoms with van der Waals surface area (Å²) in [5.74, 6) is 0.695. The lowest BCUT2D eigenvalue weighted by Crippen LogP contribution is -2.03. The standard InChI is InChI=1S/C19H18O3/c1-3-14-11-19(20)22-18-12-16(9-10-17(14)18)21-13(2)15-7-5-4-6-8-15/h4-13H,3H2,1-2H3/t13-/m1/s1. The van der Waals surface area contributed by atoms with E-state index in [4.69, 9.17) is 9.15 Å². The van der Waals surface area contributed by atoms with Crippen LogP contribution in [0.15, 0.2) is 63.8 Å². The first-order valence-corrected chi connectivity index (χ1v) is 7.45. The van der Waals surface area contributed by atoms with Crippen LogP contribution in [0.1, 0.15) is 31.1 Å². The summed E-state index contributed by atoms with van der Waals surface area (Å²) < 4.78 is 11.3. The fourth-order valence-corrected chi connectivity index (χ4v) is 2.57. The van der Waals surface area contributed by atoms with E-state index >= 15 is 0 Å². The average molecular weight is 294 g/mol. The number of hydrogen-bond acceptors (Lipinski definition) is 3. The van der Waals surface area contributed by atoms with Crippen LogP contribution in [0.2, 0.25) is 0 Å². The molecular formula is C19H18O3. The molecule has 0 unspecified atom stereocenters.